The first-order valence-corrected chi connectivity index (χ1v) is 4.27. The van der Waals surface area contributed by atoms with Crippen molar-refractivity contribution in [2.75, 3.05) is 4.72 Å². The summed E-state index contributed by atoms with van der Waals surface area (Å²) in [7, 11) is -4.38. The van der Waals surface area contributed by atoms with Gasteiger partial charge in [-0.25, -0.2) is 8.42 Å². The topological polar surface area (TPSA) is 69.2 Å². The van der Waals surface area contributed by atoms with E-state index < -0.39 is 10.3 Å². The largest absolute Gasteiger partial charge is 1.00 e. The van der Waals surface area contributed by atoms with E-state index in [0.717, 1.165) is 0 Å². The average Bonchev–Trinajstić information content (AvgIpc) is 1.85. The van der Waals surface area contributed by atoms with Crippen LogP contribution in [0.2, 0.25) is 0 Å². The summed E-state index contributed by atoms with van der Waals surface area (Å²) < 4.78 is 32.2. The molecule has 1 N–H and O–H groups in total. The molecule has 0 aliphatic rings. The Kier molecular flexibility index (Phi) is 4.81. The van der Waals surface area contributed by atoms with Crippen LogP contribution in [0.5, 0.6) is 0 Å². The van der Waals surface area contributed by atoms with Crippen molar-refractivity contribution in [3.63, 3.8) is 0 Å². The maximum absolute atomic E-state index is 10.1. The third-order valence-corrected chi connectivity index (χ3v) is 1.50. The molecule has 0 heterocycles. The third-order valence-electron chi connectivity index (χ3n) is 1.02. The molecule has 1 aromatic carbocycles. The Hall–Kier alpha value is -0.0700. The molecular formula is C6H6NNaO3S. The van der Waals surface area contributed by atoms with Gasteiger partial charge in [-0.3, -0.25) is 4.72 Å². The first-order valence-electron chi connectivity index (χ1n) is 2.86. The predicted octanol–water partition coefficient (Wildman–Crippen LogP) is -2.44. The minimum atomic E-state index is -4.38. The van der Waals surface area contributed by atoms with Gasteiger partial charge < -0.3 is 4.55 Å². The van der Waals surface area contributed by atoms with Gasteiger partial charge >= 0.3 is 29.6 Å². The van der Waals surface area contributed by atoms with Crippen LogP contribution in [0.4, 0.5) is 5.69 Å². The molecule has 12 heavy (non-hydrogen) atoms. The molecule has 0 aromatic heterocycles. The number of para-hydroxylation sites is 1. The van der Waals surface area contributed by atoms with E-state index in [2.05, 4.69) is 0 Å². The van der Waals surface area contributed by atoms with Crippen LogP contribution in [0.25, 0.3) is 0 Å². The van der Waals surface area contributed by atoms with Crippen LogP contribution in [-0.4, -0.2) is 13.0 Å². The number of anilines is 1. The summed E-state index contributed by atoms with van der Waals surface area (Å²) in [6.45, 7) is 0. The Morgan fingerprint density at radius 2 is 1.67 bits per heavy atom. The molecule has 0 aliphatic heterocycles. The Bertz CT molecular complexity index is 324. The summed E-state index contributed by atoms with van der Waals surface area (Å²) >= 11 is 0. The van der Waals surface area contributed by atoms with Crippen molar-refractivity contribution in [2.24, 2.45) is 0 Å². The standard InChI is InChI=1S/C6H7NO3S.Na/c8-11(9,10)7-6-4-2-1-3-5-6;/h1-5,7H,(H,8,9,10);/q;+1/p-1. The third kappa shape index (κ3) is 4.74. The number of benzene rings is 1. The number of rotatable bonds is 2. The Morgan fingerprint density at radius 3 is 2.08 bits per heavy atom. The molecule has 0 aliphatic carbocycles. The quantitative estimate of drug-likeness (QED) is 0.421. The molecule has 4 nitrogen and oxygen atoms in total. The first kappa shape index (κ1) is 11.9. The van der Waals surface area contributed by atoms with Gasteiger partial charge in [0.25, 0.3) is 0 Å². The van der Waals surface area contributed by atoms with Crippen molar-refractivity contribution in [3.8, 4) is 0 Å². The molecule has 0 bridgehead atoms. The van der Waals surface area contributed by atoms with Gasteiger partial charge in [-0.1, -0.05) is 18.2 Å². The van der Waals surface area contributed by atoms with E-state index in [-0.39, 0.29) is 35.2 Å². The van der Waals surface area contributed by atoms with Gasteiger partial charge in [0.1, 0.15) is 0 Å². The molecule has 0 amide bonds. The number of hydrogen-bond acceptors (Lipinski definition) is 3. The van der Waals surface area contributed by atoms with Gasteiger partial charge in [-0.05, 0) is 12.1 Å². The summed E-state index contributed by atoms with van der Waals surface area (Å²) in [5.41, 5.74) is 0.280. The molecule has 1 rings (SSSR count). The van der Waals surface area contributed by atoms with Gasteiger partial charge in [0, 0.05) is 5.69 Å². The fourth-order valence-electron chi connectivity index (χ4n) is 0.651. The van der Waals surface area contributed by atoms with Gasteiger partial charge in [0.2, 0.25) is 0 Å². The van der Waals surface area contributed by atoms with E-state index in [1.54, 1.807) is 22.9 Å². The molecule has 1 aromatic rings. The van der Waals surface area contributed by atoms with Crippen molar-refractivity contribution >= 4 is 16.0 Å². The Balaban J connectivity index is 0.00000121. The average molecular weight is 195 g/mol. The van der Waals surface area contributed by atoms with Crippen molar-refractivity contribution in [1.82, 2.24) is 0 Å². The van der Waals surface area contributed by atoms with Crippen LogP contribution in [-0.2, 0) is 10.3 Å². The van der Waals surface area contributed by atoms with Crippen molar-refractivity contribution in [3.05, 3.63) is 30.3 Å². The monoisotopic (exact) mass is 195 g/mol. The fourth-order valence-corrected chi connectivity index (χ4v) is 1.08. The maximum Gasteiger partial charge on any atom is 1.00 e. The molecule has 60 valence electrons. The van der Waals surface area contributed by atoms with Crippen LogP contribution < -0.4 is 34.3 Å². The van der Waals surface area contributed by atoms with E-state index in [1.165, 1.54) is 12.1 Å². The van der Waals surface area contributed by atoms with Crippen LogP contribution in [0.15, 0.2) is 30.3 Å². The van der Waals surface area contributed by atoms with E-state index in [0.29, 0.717) is 0 Å². The Labute approximate surface area is 93.2 Å². The van der Waals surface area contributed by atoms with Crippen molar-refractivity contribution < 1.29 is 42.5 Å². The number of nitrogens with one attached hydrogen (secondary N) is 1. The summed E-state index contributed by atoms with van der Waals surface area (Å²) in [4.78, 5) is 0. The van der Waals surface area contributed by atoms with E-state index in [1.807, 2.05) is 0 Å². The molecule has 0 unspecified atom stereocenters. The van der Waals surface area contributed by atoms with Gasteiger partial charge in [0.15, 0.2) is 10.3 Å². The van der Waals surface area contributed by atoms with Gasteiger partial charge in [-0.15, -0.1) is 0 Å². The van der Waals surface area contributed by atoms with Gasteiger partial charge in [-0.2, -0.15) is 0 Å². The van der Waals surface area contributed by atoms with Crippen LogP contribution in [0.1, 0.15) is 0 Å². The van der Waals surface area contributed by atoms with Crippen LogP contribution in [0, 0.1) is 0 Å². The van der Waals surface area contributed by atoms with Crippen molar-refractivity contribution in [1.29, 1.82) is 0 Å². The second-order valence-electron chi connectivity index (χ2n) is 1.92. The molecule has 0 fully saturated rings. The van der Waals surface area contributed by atoms with E-state index >= 15 is 0 Å². The maximum atomic E-state index is 10.1. The molecule has 0 saturated carbocycles. The zero-order valence-corrected chi connectivity index (χ0v) is 9.34. The minimum absolute atomic E-state index is 0. The van der Waals surface area contributed by atoms with Gasteiger partial charge in [0.05, 0.1) is 0 Å². The molecule has 0 saturated heterocycles. The second kappa shape index (κ2) is 4.84. The number of hydrogen-bond donors (Lipinski definition) is 1. The summed E-state index contributed by atoms with van der Waals surface area (Å²) in [6, 6.07) is 7.98. The fraction of sp³-hybridized carbons (Fsp3) is 0. The SMILES string of the molecule is O=S(=O)([O-])Nc1ccccc1.[Na+]. The minimum Gasteiger partial charge on any atom is -0.731 e. The smallest absolute Gasteiger partial charge is 0.731 e. The predicted molar refractivity (Wildman–Crippen MR) is 39.8 cm³/mol. The zero-order chi connectivity index (χ0) is 8.32. The Morgan fingerprint density at radius 1 is 1.17 bits per heavy atom. The van der Waals surface area contributed by atoms with E-state index in [9.17, 15) is 13.0 Å². The normalized spacial score (nSPS) is 10.1. The molecular weight excluding hydrogens is 189 g/mol. The van der Waals surface area contributed by atoms with E-state index in [4.69, 9.17) is 0 Å². The molecule has 6 heteroatoms. The zero-order valence-electron chi connectivity index (χ0n) is 6.52. The molecule has 0 atom stereocenters. The van der Waals surface area contributed by atoms with Crippen molar-refractivity contribution in [2.45, 2.75) is 0 Å². The van der Waals surface area contributed by atoms with Crippen LogP contribution in [0.3, 0.4) is 0 Å². The first-order chi connectivity index (χ1) is 5.08. The second-order valence-corrected chi connectivity index (χ2v) is 3.03. The summed E-state index contributed by atoms with van der Waals surface area (Å²) in [5.74, 6) is 0. The molecule has 0 radical (unpaired) electrons. The van der Waals surface area contributed by atoms with Crippen LogP contribution >= 0.6 is 0 Å². The summed E-state index contributed by atoms with van der Waals surface area (Å²) in [6.07, 6.45) is 0. The summed E-state index contributed by atoms with van der Waals surface area (Å²) in [5, 5.41) is 0. The molecule has 0 spiro atoms.